The van der Waals surface area contributed by atoms with Gasteiger partial charge in [-0.15, -0.1) is 0 Å². The first-order chi connectivity index (χ1) is 9.79. The van der Waals surface area contributed by atoms with Crippen molar-refractivity contribution in [1.29, 1.82) is 0 Å². The van der Waals surface area contributed by atoms with Crippen LogP contribution in [0, 0.1) is 0 Å². The molecule has 2 fully saturated rings. The van der Waals surface area contributed by atoms with Crippen LogP contribution in [0.15, 0.2) is 18.2 Å². The van der Waals surface area contributed by atoms with E-state index < -0.39 is 0 Å². The Labute approximate surface area is 126 Å². The number of halogens is 1. The number of nitrogens with zero attached hydrogens (tertiary/aromatic N) is 1. The molecular formula is C16H23ClN2O. The predicted molar refractivity (Wildman–Crippen MR) is 83.6 cm³/mol. The number of hydrogen-bond acceptors (Lipinski definition) is 3. The van der Waals surface area contributed by atoms with Gasteiger partial charge < -0.3 is 15.0 Å². The minimum Gasteiger partial charge on any atom is -0.374 e. The molecule has 2 aliphatic rings. The van der Waals surface area contributed by atoms with Gasteiger partial charge in [0, 0.05) is 23.8 Å². The third-order valence-electron chi connectivity index (χ3n) is 4.42. The topological polar surface area (TPSA) is 24.5 Å². The van der Waals surface area contributed by atoms with Crippen LogP contribution >= 0.6 is 11.6 Å². The second-order valence-electron chi connectivity index (χ2n) is 5.66. The van der Waals surface area contributed by atoms with Crippen LogP contribution in [0.4, 0.5) is 5.69 Å². The van der Waals surface area contributed by atoms with Gasteiger partial charge in [0.1, 0.15) is 0 Å². The molecule has 1 aliphatic heterocycles. The second kappa shape index (κ2) is 6.33. The third-order valence-corrected chi connectivity index (χ3v) is 4.77. The highest BCUT2D eigenvalue weighted by atomic mass is 35.5. The Kier molecular flexibility index (Phi) is 4.49. The molecule has 0 radical (unpaired) electrons. The largest absolute Gasteiger partial charge is 0.374 e. The van der Waals surface area contributed by atoms with E-state index >= 15 is 0 Å². The van der Waals surface area contributed by atoms with E-state index in [9.17, 15) is 0 Å². The van der Waals surface area contributed by atoms with Gasteiger partial charge in [-0.1, -0.05) is 24.6 Å². The van der Waals surface area contributed by atoms with E-state index in [-0.39, 0.29) is 0 Å². The van der Waals surface area contributed by atoms with Crippen LogP contribution in [0.5, 0.6) is 0 Å². The zero-order chi connectivity index (χ0) is 13.9. The maximum atomic E-state index is 6.43. The fourth-order valence-corrected chi connectivity index (χ4v) is 3.61. The fourth-order valence-electron chi connectivity index (χ4n) is 3.36. The number of rotatable bonds is 4. The van der Waals surface area contributed by atoms with Gasteiger partial charge >= 0.3 is 0 Å². The molecule has 1 N–H and O–H groups in total. The fraction of sp³-hybridized carbons (Fsp3) is 0.625. The summed E-state index contributed by atoms with van der Waals surface area (Å²) in [5, 5.41) is 4.19. The molecule has 3 rings (SSSR count). The van der Waals surface area contributed by atoms with E-state index in [1.807, 2.05) is 0 Å². The number of hydrogen-bond donors (Lipinski definition) is 1. The molecule has 1 aromatic rings. The third kappa shape index (κ3) is 2.80. The molecule has 1 aliphatic carbocycles. The van der Waals surface area contributed by atoms with Gasteiger partial charge in [-0.3, -0.25) is 0 Å². The smallest absolute Gasteiger partial charge is 0.0779 e. The van der Waals surface area contributed by atoms with Crippen LogP contribution in [-0.4, -0.2) is 31.8 Å². The molecule has 0 amide bonds. The molecule has 1 heterocycles. The highest BCUT2D eigenvalue weighted by Crippen LogP contribution is 2.34. The van der Waals surface area contributed by atoms with E-state index in [0.29, 0.717) is 12.1 Å². The van der Waals surface area contributed by atoms with Crippen LogP contribution in [0.2, 0.25) is 5.02 Å². The lowest BCUT2D eigenvalue weighted by Crippen LogP contribution is -2.48. The molecule has 110 valence electrons. The summed E-state index contributed by atoms with van der Waals surface area (Å²) >= 11 is 6.43. The van der Waals surface area contributed by atoms with Crippen LogP contribution in [0.25, 0.3) is 0 Å². The Hall–Kier alpha value is -0.770. The van der Waals surface area contributed by atoms with Crippen molar-refractivity contribution in [2.75, 3.05) is 24.6 Å². The van der Waals surface area contributed by atoms with E-state index in [4.69, 9.17) is 16.3 Å². The Morgan fingerprint density at radius 2 is 2.30 bits per heavy atom. The molecule has 0 spiro atoms. The van der Waals surface area contributed by atoms with Gasteiger partial charge in [0.05, 0.1) is 18.8 Å². The van der Waals surface area contributed by atoms with Crippen molar-refractivity contribution in [2.45, 2.75) is 44.9 Å². The molecular weight excluding hydrogens is 272 g/mol. The maximum Gasteiger partial charge on any atom is 0.0779 e. The number of fused-ring (bicyclic) bond motifs is 1. The number of ether oxygens (including phenoxy) is 1. The molecule has 1 aromatic carbocycles. The molecule has 0 aromatic heterocycles. The van der Waals surface area contributed by atoms with Gasteiger partial charge in [-0.05, 0) is 43.5 Å². The Balaban J connectivity index is 1.77. The highest BCUT2D eigenvalue weighted by molar-refractivity contribution is 6.31. The lowest BCUT2D eigenvalue weighted by atomic mass is 10.1. The molecule has 2 atom stereocenters. The Bertz CT molecular complexity index is 466. The van der Waals surface area contributed by atoms with Crippen molar-refractivity contribution in [3.05, 3.63) is 28.8 Å². The number of nitrogens with one attached hydrogen (secondary N) is 1. The van der Waals surface area contributed by atoms with E-state index in [1.165, 1.54) is 30.5 Å². The van der Waals surface area contributed by atoms with Gasteiger partial charge in [0.2, 0.25) is 0 Å². The van der Waals surface area contributed by atoms with Gasteiger partial charge in [0.15, 0.2) is 0 Å². The lowest BCUT2D eigenvalue weighted by Gasteiger charge is -2.39. The SMILES string of the molecule is CCNCc1ccc(N2CCOC3CCCC32)cc1Cl. The van der Waals surface area contributed by atoms with E-state index in [1.54, 1.807) is 0 Å². The molecule has 0 bridgehead atoms. The summed E-state index contributed by atoms with van der Waals surface area (Å²) in [5.74, 6) is 0. The summed E-state index contributed by atoms with van der Waals surface area (Å²) < 4.78 is 5.88. The highest BCUT2D eigenvalue weighted by Gasteiger charge is 2.36. The first-order valence-electron chi connectivity index (χ1n) is 7.67. The van der Waals surface area contributed by atoms with Gasteiger partial charge in [-0.2, -0.15) is 0 Å². The normalized spacial score (nSPS) is 25.8. The van der Waals surface area contributed by atoms with Gasteiger partial charge in [-0.25, -0.2) is 0 Å². The van der Waals surface area contributed by atoms with E-state index in [0.717, 1.165) is 31.3 Å². The van der Waals surface area contributed by atoms with Crippen LogP contribution < -0.4 is 10.2 Å². The van der Waals surface area contributed by atoms with Crippen molar-refractivity contribution in [1.82, 2.24) is 5.32 Å². The summed E-state index contributed by atoms with van der Waals surface area (Å²) in [4.78, 5) is 2.49. The summed E-state index contributed by atoms with van der Waals surface area (Å²) in [6.07, 6.45) is 4.14. The van der Waals surface area contributed by atoms with Crippen molar-refractivity contribution in [2.24, 2.45) is 0 Å². The average molecular weight is 295 g/mol. The minimum atomic E-state index is 0.420. The summed E-state index contributed by atoms with van der Waals surface area (Å²) in [6, 6.07) is 7.02. The zero-order valence-corrected chi connectivity index (χ0v) is 12.8. The van der Waals surface area contributed by atoms with Crippen molar-refractivity contribution < 1.29 is 4.74 Å². The van der Waals surface area contributed by atoms with Crippen LogP contribution in [0.3, 0.4) is 0 Å². The monoisotopic (exact) mass is 294 g/mol. The van der Waals surface area contributed by atoms with E-state index in [2.05, 4.69) is 35.3 Å². The molecule has 1 saturated carbocycles. The quantitative estimate of drug-likeness (QED) is 0.923. The summed E-state index contributed by atoms with van der Waals surface area (Å²) in [6.45, 7) is 5.72. The molecule has 3 nitrogen and oxygen atoms in total. The zero-order valence-electron chi connectivity index (χ0n) is 12.1. The van der Waals surface area contributed by atoms with Crippen LogP contribution in [0.1, 0.15) is 31.7 Å². The first kappa shape index (κ1) is 14.2. The molecule has 4 heteroatoms. The Morgan fingerprint density at radius 1 is 1.40 bits per heavy atom. The van der Waals surface area contributed by atoms with Gasteiger partial charge in [0.25, 0.3) is 0 Å². The number of anilines is 1. The predicted octanol–water partition coefficient (Wildman–Crippen LogP) is 3.21. The van der Waals surface area contributed by atoms with Crippen molar-refractivity contribution in [3.8, 4) is 0 Å². The molecule has 20 heavy (non-hydrogen) atoms. The maximum absolute atomic E-state index is 6.43. The lowest BCUT2D eigenvalue weighted by molar-refractivity contribution is 0.0256. The van der Waals surface area contributed by atoms with Crippen molar-refractivity contribution >= 4 is 17.3 Å². The molecule has 2 unspecified atom stereocenters. The van der Waals surface area contributed by atoms with Crippen LogP contribution in [-0.2, 0) is 11.3 Å². The number of benzene rings is 1. The first-order valence-corrected chi connectivity index (χ1v) is 8.04. The summed E-state index contributed by atoms with van der Waals surface area (Å²) in [7, 11) is 0. The Morgan fingerprint density at radius 3 is 3.10 bits per heavy atom. The summed E-state index contributed by atoms with van der Waals surface area (Å²) in [5.41, 5.74) is 2.42. The average Bonchev–Trinajstić information content (AvgIpc) is 2.94. The number of morpholine rings is 1. The standard InChI is InChI=1S/C16H23ClN2O/c1-2-18-11-12-6-7-13(10-14(12)17)19-8-9-20-16-5-3-4-15(16)19/h6-7,10,15-16,18H,2-5,8-9,11H2,1H3. The minimum absolute atomic E-state index is 0.420. The van der Waals surface area contributed by atoms with Crippen molar-refractivity contribution in [3.63, 3.8) is 0 Å². The second-order valence-corrected chi connectivity index (χ2v) is 6.06. The molecule has 1 saturated heterocycles.